The summed E-state index contributed by atoms with van der Waals surface area (Å²) in [5, 5.41) is 13.1. The third kappa shape index (κ3) is 4.02. The fourth-order valence-electron chi connectivity index (χ4n) is 4.46. The van der Waals surface area contributed by atoms with Crippen molar-refractivity contribution in [2.75, 3.05) is 25.1 Å². The van der Waals surface area contributed by atoms with E-state index in [2.05, 4.69) is 15.5 Å². The summed E-state index contributed by atoms with van der Waals surface area (Å²) in [7, 11) is 0. The van der Waals surface area contributed by atoms with Crippen LogP contribution in [0.4, 0.5) is 29.1 Å². The van der Waals surface area contributed by atoms with Gasteiger partial charge in [0.15, 0.2) is 5.82 Å². The highest BCUT2D eigenvalue weighted by molar-refractivity contribution is 5.75. The number of alkyl halides is 3. The average molecular weight is 478 g/mol. The van der Waals surface area contributed by atoms with Crippen LogP contribution >= 0.6 is 0 Å². The molecule has 2 aliphatic rings. The molecule has 0 spiro atoms. The van der Waals surface area contributed by atoms with Crippen molar-refractivity contribution in [2.45, 2.75) is 38.5 Å². The second-order valence-corrected chi connectivity index (χ2v) is 8.40. The van der Waals surface area contributed by atoms with Crippen molar-refractivity contribution < 1.29 is 27.1 Å². The van der Waals surface area contributed by atoms with E-state index in [1.165, 1.54) is 19.1 Å². The molecule has 2 aromatic heterocycles. The van der Waals surface area contributed by atoms with Gasteiger partial charge in [-0.1, -0.05) is 6.07 Å². The smallest absolute Gasteiger partial charge is 0.379 e. The van der Waals surface area contributed by atoms with E-state index >= 15 is 4.39 Å². The van der Waals surface area contributed by atoms with Gasteiger partial charge in [0.2, 0.25) is 5.91 Å². The molecule has 1 saturated heterocycles. The number of halogens is 4. The lowest BCUT2D eigenvalue weighted by atomic mass is 10.0. The fourth-order valence-corrected chi connectivity index (χ4v) is 4.46. The van der Waals surface area contributed by atoms with E-state index in [1.54, 1.807) is 4.90 Å². The first kappa shape index (κ1) is 22.4. The van der Waals surface area contributed by atoms with Crippen LogP contribution in [-0.2, 0) is 28.7 Å². The molecule has 1 fully saturated rings. The van der Waals surface area contributed by atoms with Crippen molar-refractivity contribution in [1.82, 2.24) is 24.9 Å². The normalized spacial score (nSPS) is 18.3. The van der Waals surface area contributed by atoms with Crippen molar-refractivity contribution in [3.05, 3.63) is 47.2 Å². The number of carbonyl (C=O) groups excluding carboxylic acids is 1. The van der Waals surface area contributed by atoms with Crippen LogP contribution in [0.3, 0.4) is 0 Å². The summed E-state index contributed by atoms with van der Waals surface area (Å²) in [6, 6.07) is 3.84. The molecule has 0 bridgehead atoms. The zero-order valence-electron chi connectivity index (χ0n) is 18.2. The van der Waals surface area contributed by atoms with Gasteiger partial charge in [0.25, 0.3) is 0 Å². The molecule has 1 aromatic carbocycles. The van der Waals surface area contributed by atoms with Crippen molar-refractivity contribution in [3.63, 3.8) is 0 Å². The number of hydrogen-bond donors (Lipinski definition) is 2. The first-order valence-electron chi connectivity index (χ1n) is 10.8. The molecular formula is C22H22F4N6O2. The molecule has 1 atom stereocenters. The van der Waals surface area contributed by atoms with E-state index in [0.717, 1.165) is 29.9 Å². The molecule has 0 saturated carbocycles. The standard InChI is InChI=1S/C22H22F4N6O2/c1-12(33)31-6-4-19-16(10-31)21(30-32(19)14-5-7-34-11-14)28-18-3-2-13(8-17(18)23)15-9-27-29-20(15)22(24,25)26/h2-3,8-9,14H,4-7,10-11H2,1H3,(H,27,29)(H,28,30)/t14-/m1/s1. The van der Waals surface area contributed by atoms with Gasteiger partial charge in [0.1, 0.15) is 11.5 Å². The maximum atomic E-state index is 15.0. The van der Waals surface area contributed by atoms with Gasteiger partial charge in [0, 0.05) is 43.3 Å². The molecule has 0 unspecified atom stereocenters. The lowest BCUT2D eigenvalue weighted by Crippen LogP contribution is -2.35. The minimum atomic E-state index is -4.64. The highest BCUT2D eigenvalue weighted by atomic mass is 19.4. The zero-order valence-corrected chi connectivity index (χ0v) is 18.2. The van der Waals surface area contributed by atoms with E-state index in [1.807, 2.05) is 9.78 Å². The van der Waals surface area contributed by atoms with Crippen LogP contribution in [0, 0.1) is 5.82 Å². The van der Waals surface area contributed by atoms with E-state index in [4.69, 9.17) is 4.74 Å². The molecule has 2 N–H and O–H groups in total. The SMILES string of the molecule is CC(=O)N1CCc2c(c(Nc3ccc(-c4cn[nH]c4C(F)(F)F)cc3F)nn2[C@@H]2CCOC2)C1. The Bertz CT molecular complexity index is 1230. The quantitative estimate of drug-likeness (QED) is 0.553. The number of rotatable bonds is 4. The molecule has 2 aliphatic heterocycles. The van der Waals surface area contributed by atoms with Crippen LogP contribution in [0.1, 0.15) is 36.3 Å². The van der Waals surface area contributed by atoms with Gasteiger partial charge < -0.3 is 15.0 Å². The molecular weight excluding hydrogens is 456 g/mol. The second-order valence-electron chi connectivity index (χ2n) is 8.40. The zero-order chi connectivity index (χ0) is 24.0. The first-order chi connectivity index (χ1) is 16.2. The summed E-state index contributed by atoms with van der Waals surface area (Å²) >= 11 is 0. The Hall–Kier alpha value is -3.41. The third-order valence-corrected chi connectivity index (χ3v) is 6.24. The Labute approximate surface area is 191 Å². The van der Waals surface area contributed by atoms with Crippen molar-refractivity contribution >= 4 is 17.4 Å². The number of H-pyrrole nitrogens is 1. The fraction of sp³-hybridized carbons (Fsp3) is 0.409. The number of nitrogens with zero attached hydrogens (tertiary/aromatic N) is 4. The topological polar surface area (TPSA) is 88.1 Å². The van der Waals surface area contributed by atoms with Gasteiger partial charge in [-0.25, -0.2) is 4.39 Å². The number of amides is 1. The van der Waals surface area contributed by atoms with Gasteiger partial charge in [0.05, 0.1) is 31.1 Å². The summed E-state index contributed by atoms with van der Waals surface area (Å²) < 4.78 is 62.0. The number of aromatic amines is 1. The third-order valence-electron chi connectivity index (χ3n) is 6.24. The van der Waals surface area contributed by atoms with E-state index in [-0.39, 0.29) is 28.8 Å². The van der Waals surface area contributed by atoms with Crippen molar-refractivity contribution in [2.24, 2.45) is 0 Å². The molecule has 0 aliphatic carbocycles. The minimum Gasteiger partial charge on any atom is -0.379 e. The molecule has 3 aromatic rings. The molecule has 8 nitrogen and oxygen atoms in total. The number of fused-ring (bicyclic) bond motifs is 1. The Morgan fingerprint density at radius 1 is 1.32 bits per heavy atom. The summed E-state index contributed by atoms with van der Waals surface area (Å²) in [4.78, 5) is 13.7. The summed E-state index contributed by atoms with van der Waals surface area (Å²) in [5.74, 6) is -0.387. The van der Waals surface area contributed by atoms with Gasteiger partial charge in [-0.15, -0.1) is 0 Å². The monoisotopic (exact) mass is 478 g/mol. The number of nitrogens with one attached hydrogen (secondary N) is 2. The first-order valence-corrected chi connectivity index (χ1v) is 10.8. The number of anilines is 2. The maximum absolute atomic E-state index is 15.0. The van der Waals surface area contributed by atoms with Gasteiger partial charge >= 0.3 is 6.18 Å². The van der Waals surface area contributed by atoms with E-state index in [9.17, 15) is 18.0 Å². The van der Waals surface area contributed by atoms with Crippen LogP contribution in [0.2, 0.25) is 0 Å². The van der Waals surface area contributed by atoms with Crippen molar-refractivity contribution in [3.8, 4) is 11.1 Å². The Morgan fingerprint density at radius 2 is 2.15 bits per heavy atom. The van der Waals surface area contributed by atoms with Gasteiger partial charge in [-0.2, -0.15) is 23.4 Å². The molecule has 4 heterocycles. The molecule has 1 amide bonds. The Balaban J connectivity index is 1.48. The number of aromatic nitrogens is 4. The predicted molar refractivity (Wildman–Crippen MR) is 114 cm³/mol. The summed E-state index contributed by atoms with van der Waals surface area (Å²) in [6.45, 7) is 3.56. The predicted octanol–water partition coefficient (Wildman–Crippen LogP) is 4.04. The Morgan fingerprint density at radius 3 is 2.82 bits per heavy atom. The number of carbonyl (C=O) groups is 1. The highest BCUT2D eigenvalue weighted by Crippen LogP contribution is 2.37. The Kier molecular flexibility index (Phi) is 5.54. The van der Waals surface area contributed by atoms with Crippen LogP contribution in [-0.4, -0.2) is 50.5 Å². The van der Waals surface area contributed by atoms with Gasteiger partial charge in [-0.05, 0) is 24.1 Å². The van der Waals surface area contributed by atoms with Gasteiger partial charge in [-0.3, -0.25) is 14.6 Å². The molecule has 12 heteroatoms. The van der Waals surface area contributed by atoms with E-state index in [0.29, 0.717) is 38.5 Å². The number of benzene rings is 1. The number of ether oxygens (including phenoxy) is 1. The lowest BCUT2D eigenvalue weighted by Gasteiger charge is -2.27. The van der Waals surface area contributed by atoms with Crippen LogP contribution < -0.4 is 5.32 Å². The lowest BCUT2D eigenvalue weighted by molar-refractivity contribution is -0.140. The second kappa shape index (κ2) is 8.42. The summed E-state index contributed by atoms with van der Waals surface area (Å²) in [5.41, 5.74) is 0.603. The van der Waals surface area contributed by atoms with Crippen LogP contribution in [0.25, 0.3) is 11.1 Å². The molecule has 5 rings (SSSR count). The molecule has 180 valence electrons. The highest BCUT2D eigenvalue weighted by Gasteiger charge is 2.36. The molecule has 34 heavy (non-hydrogen) atoms. The number of hydrogen-bond acceptors (Lipinski definition) is 5. The van der Waals surface area contributed by atoms with Crippen molar-refractivity contribution in [1.29, 1.82) is 0 Å². The average Bonchev–Trinajstić information content (AvgIpc) is 3.54. The minimum absolute atomic E-state index is 0.0440. The maximum Gasteiger partial charge on any atom is 0.433 e. The molecule has 0 radical (unpaired) electrons. The van der Waals surface area contributed by atoms with Crippen LogP contribution in [0.5, 0.6) is 0 Å². The summed E-state index contributed by atoms with van der Waals surface area (Å²) in [6.07, 6.45) is -2.21. The van der Waals surface area contributed by atoms with Crippen LogP contribution in [0.15, 0.2) is 24.4 Å². The largest absolute Gasteiger partial charge is 0.433 e. The van der Waals surface area contributed by atoms with E-state index < -0.39 is 17.7 Å².